The van der Waals surface area contributed by atoms with Crippen LogP contribution < -0.4 is 11.1 Å². The highest BCUT2D eigenvalue weighted by Crippen LogP contribution is 2.44. The Labute approximate surface area is 189 Å². The van der Waals surface area contributed by atoms with E-state index in [9.17, 15) is 22.9 Å². The van der Waals surface area contributed by atoms with Gasteiger partial charge in [0.25, 0.3) is 10.1 Å². The molecule has 2 aromatic carbocycles. The summed E-state index contributed by atoms with van der Waals surface area (Å²) < 4.78 is 40.1. The predicted molar refractivity (Wildman–Crippen MR) is 124 cm³/mol. The zero-order chi connectivity index (χ0) is 24.2. The molecule has 4 rings (SSSR count). The molecule has 1 aliphatic carbocycles. The van der Waals surface area contributed by atoms with Crippen molar-refractivity contribution >= 4 is 32.7 Å². The first kappa shape index (κ1) is 22.5. The molecule has 9 heteroatoms. The zero-order valence-corrected chi connectivity index (χ0v) is 18.9. The van der Waals surface area contributed by atoms with Gasteiger partial charge in [-0.15, -0.1) is 0 Å². The van der Waals surface area contributed by atoms with Crippen LogP contribution in [0.2, 0.25) is 0 Å². The Morgan fingerprint density at radius 1 is 1.09 bits per heavy atom. The van der Waals surface area contributed by atoms with Crippen molar-refractivity contribution in [2.24, 2.45) is 0 Å². The minimum absolute atomic E-state index is 0.0350. The first-order valence-corrected chi connectivity index (χ1v) is 11.5. The number of fused-ring (bicyclic) bond motifs is 2. The number of carbonyl (C=O) groups is 1. The third kappa shape index (κ3) is 3.65. The van der Waals surface area contributed by atoms with Gasteiger partial charge >= 0.3 is 5.97 Å². The van der Waals surface area contributed by atoms with Crippen LogP contribution in [0.25, 0.3) is 33.4 Å². The average molecular weight is 467 g/mol. The highest BCUT2D eigenvalue weighted by molar-refractivity contribution is 7.86. The number of nitrogens with two attached hydrogens (primary N) is 1. The molecule has 1 aliphatic heterocycles. The van der Waals surface area contributed by atoms with Gasteiger partial charge in [-0.05, 0) is 54.3 Å². The van der Waals surface area contributed by atoms with Gasteiger partial charge in [-0.1, -0.05) is 26.0 Å². The van der Waals surface area contributed by atoms with Crippen LogP contribution in [0, 0.1) is 12.3 Å². The number of aryl methyl sites for hydroxylation is 1. The molecule has 5 N–H and O–H groups in total. The summed E-state index contributed by atoms with van der Waals surface area (Å²) >= 11 is 0. The third-order valence-electron chi connectivity index (χ3n) is 5.77. The number of hydrogen-bond acceptors (Lipinski definition) is 6. The number of carboxylic acid groups (broad SMARTS) is 1. The molecule has 8 nitrogen and oxygen atoms in total. The van der Waals surface area contributed by atoms with Gasteiger partial charge in [-0.2, -0.15) is 8.42 Å². The number of nitrogen functional groups attached to an aromatic ring is 1. The summed E-state index contributed by atoms with van der Waals surface area (Å²) in [6, 6.07) is 11.1. The Morgan fingerprint density at radius 3 is 2.36 bits per heavy atom. The van der Waals surface area contributed by atoms with Crippen molar-refractivity contribution < 1.29 is 27.3 Å². The van der Waals surface area contributed by atoms with E-state index in [4.69, 9.17) is 15.6 Å². The molecular formula is C24H22N2O6S. The molecule has 0 spiro atoms. The van der Waals surface area contributed by atoms with Crippen molar-refractivity contribution in [3.63, 3.8) is 0 Å². The van der Waals surface area contributed by atoms with Crippen molar-refractivity contribution in [3.8, 4) is 22.5 Å². The standard InChI is InChI=1S/C24H22N2O6S/c1-11(2)13-4-5-14(17(10-13)24(27)28)20-15-6-8-18(25)12(3)21(15)32-22-16(20)7-9-19(26)23(22)33(29,30)31/h4-11,26H,25H2,1-3H3,(H,27,28)(H,29,30,31). The largest absolute Gasteiger partial charge is 0.478 e. The van der Waals surface area contributed by atoms with E-state index < -0.39 is 26.3 Å². The van der Waals surface area contributed by atoms with Gasteiger partial charge in [0, 0.05) is 27.8 Å². The van der Waals surface area contributed by atoms with E-state index >= 15 is 0 Å². The summed E-state index contributed by atoms with van der Waals surface area (Å²) in [7, 11) is -4.82. The fraction of sp³-hybridized carbons (Fsp3) is 0.167. The molecule has 0 amide bonds. The van der Waals surface area contributed by atoms with E-state index in [1.807, 2.05) is 19.9 Å². The summed E-state index contributed by atoms with van der Waals surface area (Å²) in [4.78, 5) is 11.5. The van der Waals surface area contributed by atoms with Gasteiger partial charge in [0.05, 0.1) is 10.9 Å². The molecule has 33 heavy (non-hydrogen) atoms. The van der Waals surface area contributed by atoms with Crippen molar-refractivity contribution in [3.05, 3.63) is 64.5 Å². The van der Waals surface area contributed by atoms with E-state index in [2.05, 4.69) is 0 Å². The van der Waals surface area contributed by atoms with Gasteiger partial charge in [-0.25, -0.2) is 4.79 Å². The van der Waals surface area contributed by atoms with Crippen LogP contribution in [0.5, 0.6) is 0 Å². The molecule has 0 fully saturated rings. The van der Waals surface area contributed by atoms with Gasteiger partial charge in [0.2, 0.25) is 0 Å². The van der Waals surface area contributed by atoms with Crippen LogP contribution in [-0.4, -0.2) is 24.0 Å². The Bertz CT molecular complexity index is 1590. The van der Waals surface area contributed by atoms with Crippen LogP contribution in [0.15, 0.2) is 51.8 Å². The highest BCUT2D eigenvalue weighted by atomic mass is 32.2. The molecule has 2 aliphatic rings. The Kier molecular flexibility index (Phi) is 5.26. The number of hydrogen-bond donors (Lipinski definition) is 4. The second-order valence-corrected chi connectivity index (χ2v) is 9.55. The van der Waals surface area contributed by atoms with E-state index in [0.29, 0.717) is 27.8 Å². The average Bonchev–Trinajstić information content (AvgIpc) is 2.73. The molecule has 170 valence electrons. The number of nitrogens with one attached hydrogen (secondary N) is 1. The summed E-state index contributed by atoms with van der Waals surface area (Å²) in [5.74, 6) is -1.30. The molecular weight excluding hydrogens is 444 g/mol. The minimum Gasteiger partial charge on any atom is -0.478 e. The second kappa shape index (κ2) is 7.72. The third-order valence-corrected chi connectivity index (χ3v) is 6.69. The van der Waals surface area contributed by atoms with Crippen molar-refractivity contribution in [1.82, 2.24) is 0 Å². The molecule has 0 radical (unpaired) electrons. The normalized spacial score (nSPS) is 12.0. The van der Waals surface area contributed by atoms with Crippen LogP contribution >= 0.6 is 0 Å². The molecule has 0 saturated heterocycles. The summed E-state index contributed by atoms with van der Waals surface area (Å²) in [6.45, 7) is 5.59. The smallest absolute Gasteiger partial charge is 0.336 e. The maximum Gasteiger partial charge on any atom is 0.336 e. The highest BCUT2D eigenvalue weighted by Gasteiger charge is 2.29. The lowest BCUT2D eigenvalue weighted by Crippen LogP contribution is -2.16. The van der Waals surface area contributed by atoms with Crippen LogP contribution in [-0.2, 0) is 10.1 Å². The van der Waals surface area contributed by atoms with Gasteiger partial charge in [-0.3, -0.25) is 9.96 Å². The summed E-state index contributed by atoms with van der Waals surface area (Å²) in [5.41, 5.74) is 9.05. The summed E-state index contributed by atoms with van der Waals surface area (Å²) in [6.07, 6.45) is 0. The quantitative estimate of drug-likeness (QED) is 0.194. The Hall–Kier alpha value is -3.69. The minimum atomic E-state index is -4.82. The fourth-order valence-electron chi connectivity index (χ4n) is 4.01. The van der Waals surface area contributed by atoms with Crippen molar-refractivity contribution in [2.45, 2.75) is 31.6 Å². The maximum absolute atomic E-state index is 12.2. The van der Waals surface area contributed by atoms with E-state index in [0.717, 1.165) is 5.56 Å². The molecule has 0 bridgehead atoms. The fourth-order valence-corrected chi connectivity index (χ4v) is 4.74. The topological polar surface area (TPSA) is 155 Å². The molecule has 0 unspecified atom stereocenters. The van der Waals surface area contributed by atoms with Gasteiger partial charge in [0.15, 0.2) is 10.7 Å². The SMILES string of the molecule is Cc1c(N)ccc2c(-c3ccc(C(C)C)cc3C(=O)O)c3ccc(=N)c(S(=O)(=O)O)c-3oc12. The number of rotatable bonds is 4. The molecule has 0 aromatic heterocycles. The molecule has 0 atom stereocenters. The molecule has 2 aromatic rings. The first-order valence-electron chi connectivity index (χ1n) is 10.1. The summed E-state index contributed by atoms with van der Waals surface area (Å²) in [5, 5.41) is 18.1. The number of benzene rings is 3. The maximum atomic E-state index is 12.2. The Balaban J connectivity index is 2.28. The van der Waals surface area contributed by atoms with Crippen molar-refractivity contribution in [1.29, 1.82) is 5.41 Å². The monoisotopic (exact) mass is 466 g/mol. The Morgan fingerprint density at radius 2 is 1.76 bits per heavy atom. The van der Waals surface area contributed by atoms with Gasteiger partial charge < -0.3 is 15.3 Å². The van der Waals surface area contributed by atoms with Gasteiger partial charge in [0.1, 0.15) is 5.58 Å². The lowest BCUT2D eigenvalue weighted by atomic mass is 9.88. The van der Waals surface area contributed by atoms with Crippen LogP contribution in [0.4, 0.5) is 5.69 Å². The number of carboxylic acids is 1. The van der Waals surface area contributed by atoms with E-state index in [-0.39, 0.29) is 28.4 Å². The molecule has 1 heterocycles. The van der Waals surface area contributed by atoms with Crippen molar-refractivity contribution in [2.75, 3.05) is 5.73 Å². The molecule has 0 saturated carbocycles. The second-order valence-electron chi connectivity index (χ2n) is 8.19. The number of anilines is 1. The van der Waals surface area contributed by atoms with Crippen LogP contribution in [0.1, 0.15) is 41.3 Å². The lowest BCUT2D eigenvalue weighted by molar-refractivity contribution is 0.0697. The zero-order valence-electron chi connectivity index (χ0n) is 18.1. The first-order chi connectivity index (χ1) is 15.4. The lowest BCUT2D eigenvalue weighted by Gasteiger charge is -2.20. The predicted octanol–water partition coefficient (Wildman–Crippen LogP) is 4.64. The number of aromatic carboxylic acids is 1. The van der Waals surface area contributed by atoms with E-state index in [1.54, 1.807) is 31.2 Å². The van der Waals surface area contributed by atoms with Crippen LogP contribution in [0.3, 0.4) is 0 Å². The van der Waals surface area contributed by atoms with E-state index in [1.165, 1.54) is 12.1 Å².